The average molecular weight is 380 g/mol. The predicted octanol–water partition coefficient (Wildman–Crippen LogP) is 6.29. The number of unbranched alkanes of at least 4 members (excludes halogenated alkanes) is 4. The van der Waals surface area contributed by atoms with Crippen LogP contribution in [0.15, 0.2) is 54.6 Å². The van der Waals surface area contributed by atoms with E-state index in [1.807, 2.05) is 0 Å². The number of hydrogen-bond acceptors (Lipinski definition) is 2. The minimum atomic E-state index is 0.843. The Morgan fingerprint density at radius 3 is 2.04 bits per heavy atom. The lowest BCUT2D eigenvalue weighted by Crippen LogP contribution is -2.30. The van der Waals surface area contributed by atoms with Crippen molar-refractivity contribution in [1.82, 2.24) is 4.90 Å². The summed E-state index contributed by atoms with van der Waals surface area (Å²) in [5.41, 5.74) is 2.78. The van der Waals surface area contributed by atoms with Gasteiger partial charge in [-0.2, -0.15) is 0 Å². The van der Waals surface area contributed by atoms with Crippen molar-refractivity contribution in [2.24, 2.45) is 0 Å². The molecule has 0 atom stereocenters. The second-order valence-corrected chi connectivity index (χ2v) is 8.15. The van der Waals surface area contributed by atoms with Gasteiger partial charge in [-0.05, 0) is 81.4 Å². The molecule has 0 amide bonds. The van der Waals surface area contributed by atoms with E-state index in [9.17, 15) is 0 Å². The topological polar surface area (TPSA) is 12.5 Å². The van der Waals surface area contributed by atoms with Crippen LogP contribution in [0.3, 0.4) is 0 Å². The minimum absolute atomic E-state index is 0.843. The van der Waals surface area contributed by atoms with Crippen molar-refractivity contribution in [2.75, 3.05) is 26.2 Å². The van der Waals surface area contributed by atoms with Gasteiger partial charge < -0.3 is 9.64 Å². The molecule has 1 aliphatic rings. The number of hydrogen-bond donors (Lipinski definition) is 0. The third-order valence-electron chi connectivity index (χ3n) is 5.80. The molecule has 2 heteroatoms. The highest BCUT2D eigenvalue weighted by Gasteiger charge is 2.08. The SMILES string of the molecule is c1ccc(CCc2ccc(OCCCCCCCN3CCCCC3)cc2)cc1. The maximum absolute atomic E-state index is 5.92. The Bertz CT molecular complexity index is 631. The summed E-state index contributed by atoms with van der Waals surface area (Å²) < 4.78 is 5.92. The van der Waals surface area contributed by atoms with Gasteiger partial charge >= 0.3 is 0 Å². The second-order valence-electron chi connectivity index (χ2n) is 8.15. The molecule has 2 nitrogen and oxygen atoms in total. The van der Waals surface area contributed by atoms with Crippen molar-refractivity contribution in [3.8, 4) is 5.75 Å². The zero-order valence-corrected chi connectivity index (χ0v) is 17.5. The fraction of sp³-hybridized carbons (Fsp3) is 0.538. The Morgan fingerprint density at radius 1 is 0.643 bits per heavy atom. The fourth-order valence-electron chi connectivity index (χ4n) is 4.03. The maximum atomic E-state index is 5.92. The molecule has 0 saturated carbocycles. The molecule has 0 aliphatic carbocycles. The fourth-order valence-corrected chi connectivity index (χ4v) is 4.03. The summed E-state index contributed by atoms with van der Waals surface area (Å²) in [4.78, 5) is 2.65. The van der Waals surface area contributed by atoms with Crippen molar-refractivity contribution in [3.05, 3.63) is 65.7 Å². The Balaban J connectivity index is 1.20. The van der Waals surface area contributed by atoms with Gasteiger partial charge in [0.05, 0.1) is 6.61 Å². The van der Waals surface area contributed by atoms with E-state index in [0.717, 1.165) is 25.2 Å². The van der Waals surface area contributed by atoms with Gasteiger partial charge in [-0.15, -0.1) is 0 Å². The first-order valence-electron chi connectivity index (χ1n) is 11.4. The van der Waals surface area contributed by atoms with Gasteiger partial charge in [-0.1, -0.05) is 68.1 Å². The summed E-state index contributed by atoms with van der Waals surface area (Å²) in [5.74, 6) is 1.01. The quantitative estimate of drug-likeness (QED) is 0.402. The standard InChI is InChI=1S/C26H37NO/c1(2-8-20-27-21-9-5-10-22-27)3-11-23-28-26-18-16-25(17-19-26)15-14-24-12-6-4-7-13-24/h4,6-7,12-13,16-19H,1-3,5,8-11,14-15,20-23H2. The predicted molar refractivity (Wildman–Crippen MR) is 119 cm³/mol. The maximum Gasteiger partial charge on any atom is 0.119 e. The summed E-state index contributed by atoms with van der Waals surface area (Å²) in [6, 6.07) is 19.4. The summed E-state index contributed by atoms with van der Waals surface area (Å²) in [7, 11) is 0. The molecular weight excluding hydrogens is 342 g/mol. The first-order chi connectivity index (χ1) is 13.9. The number of aryl methyl sites for hydroxylation is 2. The molecule has 1 heterocycles. The van der Waals surface area contributed by atoms with Crippen LogP contribution in [0, 0.1) is 0 Å². The third kappa shape index (κ3) is 8.06. The molecule has 28 heavy (non-hydrogen) atoms. The van der Waals surface area contributed by atoms with Crippen molar-refractivity contribution in [3.63, 3.8) is 0 Å². The first kappa shape index (κ1) is 20.9. The van der Waals surface area contributed by atoms with Gasteiger partial charge in [0, 0.05) is 0 Å². The zero-order chi connectivity index (χ0) is 19.3. The zero-order valence-electron chi connectivity index (χ0n) is 17.5. The van der Waals surface area contributed by atoms with Gasteiger partial charge in [0.25, 0.3) is 0 Å². The van der Waals surface area contributed by atoms with Crippen LogP contribution in [0.4, 0.5) is 0 Å². The van der Waals surface area contributed by atoms with E-state index in [-0.39, 0.29) is 0 Å². The van der Waals surface area contributed by atoms with Crippen molar-refractivity contribution < 1.29 is 4.74 Å². The van der Waals surface area contributed by atoms with Crippen LogP contribution >= 0.6 is 0 Å². The van der Waals surface area contributed by atoms with E-state index >= 15 is 0 Å². The summed E-state index contributed by atoms with van der Waals surface area (Å²) in [5, 5.41) is 0. The Kier molecular flexibility index (Phi) is 9.43. The van der Waals surface area contributed by atoms with Gasteiger partial charge in [-0.25, -0.2) is 0 Å². The largest absolute Gasteiger partial charge is 0.494 e. The Labute approximate surface area is 171 Å². The Morgan fingerprint density at radius 2 is 1.29 bits per heavy atom. The molecule has 0 bridgehead atoms. The van der Waals surface area contributed by atoms with E-state index in [2.05, 4.69) is 59.5 Å². The molecule has 1 aliphatic heterocycles. The summed E-state index contributed by atoms with van der Waals surface area (Å²) in [6.45, 7) is 4.82. The van der Waals surface area contributed by atoms with Crippen LogP contribution in [0.1, 0.15) is 62.5 Å². The highest BCUT2D eigenvalue weighted by Crippen LogP contribution is 2.15. The lowest BCUT2D eigenvalue weighted by Gasteiger charge is -2.26. The lowest BCUT2D eigenvalue weighted by atomic mass is 10.0. The molecular formula is C26H37NO. The number of likely N-dealkylation sites (tertiary alicyclic amines) is 1. The van der Waals surface area contributed by atoms with Gasteiger partial charge in [-0.3, -0.25) is 0 Å². The number of benzene rings is 2. The van der Waals surface area contributed by atoms with Crippen LogP contribution < -0.4 is 4.74 Å². The van der Waals surface area contributed by atoms with Gasteiger partial charge in [0.15, 0.2) is 0 Å². The number of rotatable bonds is 12. The molecule has 3 rings (SSSR count). The normalized spacial score (nSPS) is 14.9. The first-order valence-corrected chi connectivity index (χ1v) is 11.4. The molecule has 0 spiro atoms. The molecule has 152 valence electrons. The lowest BCUT2D eigenvalue weighted by molar-refractivity contribution is 0.223. The second kappa shape index (κ2) is 12.6. The number of nitrogens with zero attached hydrogens (tertiary/aromatic N) is 1. The molecule has 1 fully saturated rings. The number of ether oxygens (including phenoxy) is 1. The monoisotopic (exact) mass is 379 g/mol. The van der Waals surface area contributed by atoms with Crippen LogP contribution in [0.2, 0.25) is 0 Å². The van der Waals surface area contributed by atoms with Crippen LogP contribution in [0.5, 0.6) is 5.75 Å². The highest BCUT2D eigenvalue weighted by molar-refractivity contribution is 5.28. The Hall–Kier alpha value is -1.80. The van der Waals surface area contributed by atoms with E-state index in [0.29, 0.717) is 0 Å². The smallest absolute Gasteiger partial charge is 0.119 e. The van der Waals surface area contributed by atoms with Crippen LogP contribution in [-0.2, 0) is 12.8 Å². The average Bonchev–Trinajstić information content (AvgIpc) is 2.76. The molecule has 0 radical (unpaired) electrons. The molecule has 2 aromatic carbocycles. The molecule has 0 aromatic heterocycles. The van der Waals surface area contributed by atoms with Gasteiger partial charge in [0.2, 0.25) is 0 Å². The van der Waals surface area contributed by atoms with E-state index in [1.165, 1.54) is 82.1 Å². The van der Waals surface area contributed by atoms with Gasteiger partial charge in [0.1, 0.15) is 5.75 Å². The van der Waals surface area contributed by atoms with Crippen molar-refractivity contribution in [2.45, 2.75) is 64.2 Å². The molecule has 2 aromatic rings. The van der Waals surface area contributed by atoms with E-state index < -0.39 is 0 Å². The van der Waals surface area contributed by atoms with E-state index in [4.69, 9.17) is 4.74 Å². The van der Waals surface area contributed by atoms with Crippen molar-refractivity contribution >= 4 is 0 Å². The molecule has 1 saturated heterocycles. The van der Waals surface area contributed by atoms with E-state index in [1.54, 1.807) is 0 Å². The number of piperidine rings is 1. The third-order valence-corrected chi connectivity index (χ3v) is 5.80. The summed E-state index contributed by atoms with van der Waals surface area (Å²) >= 11 is 0. The van der Waals surface area contributed by atoms with Crippen molar-refractivity contribution in [1.29, 1.82) is 0 Å². The highest BCUT2D eigenvalue weighted by atomic mass is 16.5. The minimum Gasteiger partial charge on any atom is -0.494 e. The summed E-state index contributed by atoms with van der Waals surface area (Å²) in [6.07, 6.45) is 13.0. The molecule has 0 unspecified atom stereocenters. The molecule has 0 N–H and O–H groups in total. The van der Waals surface area contributed by atoms with Crippen LogP contribution in [-0.4, -0.2) is 31.1 Å². The van der Waals surface area contributed by atoms with Crippen LogP contribution in [0.25, 0.3) is 0 Å².